The molecule has 3 aromatic carbocycles. The van der Waals surface area contributed by atoms with Crippen molar-refractivity contribution in [3.05, 3.63) is 97.9 Å². The number of fused-ring (bicyclic) bond motifs is 2. The summed E-state index contributed by atoms with van der Waals surface area (Å²) in [4.78, 5) is 29.2. The fourth-order valence-corrected chi connectivity index (χ4v) is 4.98. The first kappa shape index (κ1) is 24.7. The van der Waals surface area contributed by atoms with Gasteiger partial charge in [0.1, 0.15) is 11.3 Å². The number of ether oxygens (including phenoxy) is 3. The third-order valence-electron chi connectivity index (χ3n) is 6.75. The minimum atomic E-state index is -0.640. The summed E-state index contributed by atoms with van der Waals surface area (Å²) in [7, 11) is 4.74. The molecule has 0 saturated heterocycles. The lowest BCUT2D eigenvalue weighted by molar-refractivity contribution is 0.0730. The molecule has 1 unspecified atom stereocenters. The third-order valence-corrected chi connectivity index (χ3v) is 7.15. The van der Waals surface area contributed by atoms with Crippen LogP contribution in [0.4, 0.5) is 0 Å². The monoisotopic (exact) mass is 519 g/mol. The highest BCUT2D eigenvalue weighted by molar-refractivity contribution is 6.32. The highest BCUT2D eigenvalue weighted by Gasteiger charge is 2.42. The number of methoxy groups -OCH3 is 3. The molecule has 8 heteroatoms. The van der Waals surface area contributed by atoms with Gasteiger partial charge in [0, 0.05) is 11.6 Å². The van der Waals surface area contributed by atoms with Gasteiger partial charge in [-0.1, -0.05) is 29.8 Å². The summed E-state index contributed by atoms with van der Waals surface area (Å²) < 4.78 is 22.3. The molecule has 37 heavy (non-hydrogen) atoms. The molecule has 0 saturated carbocycles. The molecule has 190 valence electrons. The maximum Gasteiger partial charge on any atom is 0.290 e. The van der Waals surface area contributed by atoms with Crippen molar-refractivity contribution in [3.8, 4) is 17.2 Å². The fraction of sp³-hybridized carbons (Fsp3) is 0.241. The van der Waals surface area contributed by atoms with Crippen LogP contribution in [0.1, 0.15) is 38.9 Å². The average molecular weight is 520 g/mol. The highest BCUT2D eigenvalue weighted by Crippen LogP contribution is 2.40. The second-order valence-corrected chi connectivity index (χ2v) is 9.30. The van der Waals surface area contributed by atoms with Crippen molar-refractivity contribution in [3.63, 3.8) is 0 Å². The van der Waals surface area contributed by atoms with Crippen LogP contribution < -0.4 is 19.6 Å². The van der Waals surface area contributed by atoms with Gasteiger partial charge in [-0.25, -0.2) is 0 Å². The van der Waals surface area contributed by atoms with Gasteiger partial charge in [-0.2, -0.15) is 0 Å². The number of carbonyl (C=O) groups is 1. The molecule has 0 spiro atoms. The molecular weight excluding hydrogens is 494 g/mol. The SMILES string of the molecule is COc1cccc(C2c3c(oc4cc(C)c(Cl)cc4c3=O)C(=O)N2CCc2ccc(OC)c(OC)c2)c1. The van der Waals surface area contributed by atoms with Crippen LogP contribution in [0.3, 0.4) is 0 Å². The molecule has 1 atom stereocenters. The second kappa shape index (κ2) is 9.82. The van der Waals surface area contributed by atoms with Crippen LogP contribution in [0.25, 0.3) is 11.0 Å². The Bertz CT molecular complexity index is 1580. The van der Waals surface area contributed by atoms with E-state index in [0.717, 1.165) is 16.7 Å². The Morgan fingerprint density at radius 3 is 2.46 bits per heavy atom. The third kappa shape index (κ3) is 4.29. The van der Waals surface area contributed by atoms with Crippen LogP contribution in [-0.2, 0) is 6.42 Å². The van der Waals surface area contributed by atoms with Crippen LogP contribution in [0.15, 0.2) is 63.8 Å². The van der Waals surface area contributed by atoms with Crippen molar-refractivity contribution in [2.24, 2.45) is 0 Å². The van der Waals surface area contributed by atoms with Crippen LogP contribution >= 0.6 is 11.6 Å². The second-order valence-electron chi connectivity index (χ2n) is 8.89. The number of rotatable bonds is 7. The number of hydrogen-bond acceptors (Lipinski definition) is 6. The summed E-state index contributed by atoms with van der Waals surface area (Å²) in [6, 6.07) is 15.7. The summed E-state index contributed by atoms with van der Waals surface area (Å²) in [6.07, 6.45) is 0.527. The van der Waals surface area contributed by atoms with Crippen molar-refractivity contribution >= 4 is 28.5 Å². The molecule has 7 nitrogen and oxygen atoms in total. The summed E-state index contributed by atoms with van der Waals surface area (Å²) in [5, 5.41) is 0.809. The largest absolute Gasteiger partial charge is 0.497 e. The Kier molecular flexibility index (Phi) is 6.56. The zero-order valence-electron chi connectivity index (χ0n) is 21.0. The van der Waals surface area contributed by atoms with E-state index in [1.54, 1.807) is 38.4 Å². The minimum Gasteiger partial charge on any atom is -0.497 e. The number of benzene rings is 3. The van der Waals surface area contributed by atoms with Gasteiger partial charge in [0.05, 0.1) is 38.3 Å². The van der Waals surface area contributed by atoms with E-state index < -0.39 is 6.04 Å². The molecule has 1 aliphatic heterocycles. The van der Waals surface area contributed by atoms with E-state index >= 15 is 0 Å². The number of carbonyl (C=O) groups excluding carboxylic acids is 1. The lowest BCUT2D eigenvalue weighted by atomic mass is 9.97. The quantitative estimate of drug-likeness (QED) is 0.318. The molecule has 1 aliphatic rings. The standard InChI is InChI=1S/C29H26ClNO6/c1-16-12-23-20(15-21(16)30)27(32)25-26(18-6-5-7-19(14-18)34-2)31(29(33)28(25)37-23)11-10-17-8-9-22(35-3)24(13-17)36-4/h5-9,12-15,26H,10-11H2,1-4H3. The lowest BCUT2D eigenvalue weighted by Crippen LogP contribution is -2.31. The summed E-state index contributed by atoms with van der Waals surface area (Å²) in [6.45, 7) is 2.17. The average Bonchev–Trinajstić information content (AvgIpc) is 3.20. The van der Waals surface area contributed by atoms with Crippen LogP contribution in [0, 0.1) is 6.92 Å². The van der Waals surface area contributed by atoms with Gasteiger partial charge in [0.15, 0.2) is 16.9 Å². The minimum absolute atomic E-state index is 0.0550. The van der Waals surface area contributed by atoms with Crippen LogP contribution in [-0.4, -0.2) is 38.7 Å². The Balaban J connectivity index is 1.61. The molecule has 5 rings (SSSR count). The molecule has 0 radical (unpaired) electrons. The Labute approximate surface area is 219 Å². The molecule has 1 amide bonds. The Hall–Kier alpha value is -3.97. The summed E-state index contributed by atoms with van der Waals surface area (Å²) in [5.74, 6) is 1.58. The number of hydrogen-bond donors (Lipinski definition) is 0. The van der Waals surface area contributed by atoms with Crippen molar-refractivity contribution in [2.75, 3.05) is 27.9 Å². The van der Waals surface area contributed by atoms with E-state index in [1.165, 1.54) is 0 Å². The first-order valence-corrected chi connectivity index (χ1v) is 12.2. The first-order chi connectivity index (χ1) is 17.9. The maximum atomic E-state index is 13.8. The van der Waals surface area contributed by atoms with Crippen molar-refractivity contribution in [1.29, 1.82) is 0 Å². The first-order valence-electron chi connectivity index (χ1n) is 11.8. The smallest absolute Gasteiger partial charge is 0.290 e. The highest BCUT2D eigenvalue weighted by atomic mass is 35.5. The molecule has 0 bridgehead atoms. The van der Waals surface area contributed by atoms with Gasteiger partial charge in [-0.3, -0.25) is 9.59 Å². The lowest BCUT2D eigenvalue weighted by Gasteiger charge is -2.25. The predicted octanol–water partition coefficient (Wildman–Crippen LogP) is 5.57. The van der Waals surface area contributed by atoms with E-state index in [1.807, 2.05) is 49.4 Å². The Morgan fingerprint density at radius 2 is 1.73 bits per heavy atom. The van der Waals surface area contributed by atoms with Gasteiger partial charge >= 0.3 is 0 Å². The zero-order chi connectivity index (χ0) is 26.3. The van der Waals surface area contributed by atoms with Crippen LogP contribution in [0.5, 0.6) is 17.2 Å². The number of nitrogens with zero attached hydrogens (tertiary/aromatic N) is 1. The summed E-state index contributed by atoms with van der Waals surface area (Å²) in [5.41, 5.74) is 2.84. The molecule has 0 fully saturated rings. The van der Waals surface area contributed by atoms with Gasteiger partial charge in [-0.15, -0.1) is 0 Å². The Morgan fingerprint density at radius 1 is 0.946 bits per heavy atom. The number of amides is 1. The van der Waals surface area contributed by atoms with Crippen LogP contribution in [0.2, 0.25) is 5.02 Å². The van der Waals surface area contributed by atoms with Gasteiger partial charge in [0.2, 0.25) is 5.76 Å². The van der Waals surface area contributed by atoms with E-state index in [0.29, 0.717) is 51.8 Å². The molecule has 1 aromatic heterocycles. The molecule has 4 aromatic rings. The van der Waals surface area contributed by atoms with E-state index in [-0.39, 0.29) is 17.1 Å². The molecule has 2 heterocycles. The maximum absolute atomic E-state index is 13.8. The van der Waals surface area contributed by atoms with Crippen molar-refractivity contribution < 1.29 is 23.4 Å². The van der Waals surface area contributed by atoms with Gasteiger partial charge in [0.25, 0.3) is 5.91 Å². The van der Waals surface area contributed by atoms with Gasteiger partial charge in [-0.05, 0) is 66.4 Å². The fourth-order valence-electron chi connectivity index (χ4n) is 4.82. The van der Waals surface area contributed by atoms with Crippen molar-refractivity contribution in [2.45, 2.75) is 19.4 Å². The molecule has 0 aliphatic carbocycles. The predicted molar refractivity (Wildman–Crippen MR) is 141 cm³/mol. The molecular formula is C29H26ClNO6. The number of aryl methyl sites for hydroxylation is 1. The van der Waals surface area contributed by atoms with E-state index in [4.69, 9.17) is 30.2 Å². The van der Waals surface area contributed by atoms with E-state index in [9.17, 15) is 9.59 Å². The van der Waals surface area contributed by atoms with Gasteiger partial charge < -0.3 is 23.5 Å². The number of halogens is 1. The summed E-state index contributed by atoms with van der Waals surface area (Å²) >= 11 is 6.33. The molecule has 0 N–H and O–H groups in total. The van der Waals surface area contributed by atoms with Crippen molar-refractivity contribution in [1.82, 2.24) is 4.90 Å². The topological polar surface area (TPSA) is 78.2 Å². The normalized spacial score (nSPS) is 14.7. The zero-order valence-corrected chi connectivity index (χ0v) is 21.7. The van der Waals surface area contributed by atoms with E-state index in [2.05, 4.69) is 0 Å².